The van der Waals surface area contributed by atoms with Crippen molar-refractivity contribution in [3.8, 4) is 0 Å². The van der Waals surface area contributed by atoms with E-state index >= 15 is 0 Å². The molecule has 0 aliphatic carbocycles. The van der Waals surface area contributed by atoms with Crippen LogP contribution in [0.4, 0.5) is 14.6 Å². The van der Waals surface area contributed by atoms with Gasteiger partial charge in [0.1, 0.15) is 0 Å². The van der Waals surface area contributed by atoms with E-state index in [0.717, 1.165) is 6.07 Å². The molecule has 0 bridgehead atoms. The zero-order valence-corrected chi connectivity index (χ0v) is 7.61. The standard InChI is InChI=1S/C8H6F2N2O3/c1-4-2-6(12(14)15)11-7(8(9)10)5(4)3-13/h2-3,8H,1H3. The lowest BCUT2D eigenvalue weighted by molar-refractivity contribution is -0.389. The van der Waals surface area contributed by atoms with Gasteiger partial charge in [-0.1, -0.05) is 0 Å². The van der Waals surface area contributed by atoms with E-state index in [4.69, 9.17) is 0 Å². The molecule has 0 fully saturated rings. The Balaban J connectivity index is 3.45. The van der Waals surface area contributed by atoms with Crippen molar-refractivity contribution in [2.45, 2.75) is 13.3 Å². The molecule has 80 valence electrons. The quantitative estimate of drug-likeness (QED) is 0.440. The van der Waals surface area contributed by atoms with E-state index in [-0.39, 0.29) is 17.4 Å². The number of aryl methyl sites for hydroxylation is 1. The van der Waals surface area contributed by atoms with Gasteiger partial charge in [-0.3, -0.25) is 4.79 Å². The molecular formula is C8H6F2N2O3. The summed E-state index contributed by atoms with van der Waals surface area (Å²) in [5.74, 6) is -0.687. The minimum absolute atomic E-state index is 0.113. The van der Waals surface area contributed by atoms with E-state index in [1.165, 1.54) is 6.92 Å². The molecule has 5 nitrogen and oxygen atoms in total. The molecule has 0 N–H and O–H groups in total. The maximum absolute atomic E-state index is 12.4. The number of alkyl halides is 2. The molecule has 0 saturated heterocycles. The monoisotopic (exact) mass is 216 g/mol. The van der Waals surface area contributed by atoms with Gasteiger partial charge in [-0.15, -0.1) is 0 Å². The first-order chi connectivity index (χ1) is 6.97. The van der Waals surface area contributed by atoms with Crippen molar-refractivity contribution in [1.82, 2.24) is 4.98 Å². The first kappa shape index (κ1) is 11.2. The average Bonchev–Trinajstić information content (AvgIpc) is 2.16. The molecule has 0 radical (unpaired) electrons. The van der Waals surface area contributed by atoms with Gasteiger partial charge in [-0.2, -0.15) is 0 Å². The summed E-state index contributed by atoms with van der Waals surface area (Å²) >= 11 is 0. The van der Waals surface area contributed by atoms with Crippen LogP contribution in [0.25, 0.3) is 0 Å². The molecular weight excluding hydrogens is 210 g/mol. The number of halogens is 2. The molecule has 1 aromatic heterocycles. The van der Waals surface area contributed by atoms with Gasteiger partial charge in [0.15, 0.2) is 6.29 Å². The van der Waals surface area contributed by atoms with Crippen molar-refractivity contribution >= 4 is 12.1 Å². The molecule has 1 rings (SSSR count). The summed E-state index contributed by atoms with van der Waals surface area (Å²) in [6.07, 6.45) is -2.79. The van der Waals surface area contributed by atoms with Gasteiger partial charge in [0.25, 0.3) is 0 Å². The maximum Gasteiger partial charge on any atom is 0.364 e. The Morgan fingerprint density at radius 2 is 2.20 bits per heavy atom. The highest BCUT2D eigenvalue weighted by atomic mass is 19.3. The van der Waals surface area contributed by atoms with Crippen LogP contribution in [0, 0.1) is 17.0 Å². The fourth-order valence-corrected chi connectivity index (χ4v) is 1.10. The summed E-state index contributed by atoms with van der Waals surface area (Å²) in [6.45, 7) is 1.34. The molecule has 1 heterocycles. The van der Waals surface area contributed by atoms with Crippen molar-refractivity contribution in [2.75, 3.05) is 0 Å². The van der Waals surface area contributed by atoms with E-state index < -0.39 is 22.9 Å². The number of nitrogens with zero attached hydrogens (tertiary/aromatic N) is 2. The summed E-state index contributed by atoms with van der Waals surface area (Å²) in [6, 6.07) is 0.982. The van der Waals surface area contributed by atoms with E-state index in [0.29, 0.717) is 0 Å². The number of carbonyl (C=O) groups is 1. The molecule has 15 heavy (non-hydrogen) atoms. The van der Waals surface area contributed by atoms with Crippen molar-refractivity contribution in [2.24, 2.45) is 0 Å². The van der Waals surface area contributed by atoms with Crippen LogP contribution in [-0.2, 0) is 0 Å². The first-order valence-corrected chi connectivity index (χ1v) is 3.86. The maximum atomic E-state index is 12.4. The molecule has 0 aliphatic rings. The van der Waals surface area contributed by atoms with Crippen molar-refractivity contribution in [3.63, 3.8) is 0 Å². The normalized spacial score (nSPS) is 10.4. The SMILES string of the molecule is Cc1cc([N+](=O)[O-])nc(C(F)F)c1C=O. The van der Waals surface area contributed by atoms with Gasteiger partial charge < -0.3 is 10.1 Å². The Morgan fingerprint density at radius 1 is 1.60 bits per heavy atom. The molecule has 0 saturated carbocycles. The van der Waals surface area contributed by atoms with Gasteiger partial charge >= 0.3 is 12.2 Å². The van der Waals surface area contributed by atoms with E-state index in [9.17, 15) is 23.7 Å². The minimum Gasteiger partial charge on any atom is -0.358 e. The number of carbonyl (C=O) groups excluding carboxylic acids is 1. The summed E-state index contributed by atoms with van der Waals surface area (Å²) in [5, 5.41) is 10.3. The van der Waals surface area contributed by atoms with Crippen LogP contribution < -0.4 is 0 Å². The highest BCUT2D eigenvalue weighted by Crippen LogP contribution is 2.25. The Labute approximate surface area is 82.9 Å². The highest BCUT2D eigenvalue weighted by molar-refractivity contribution is 5.79. The number of hydrogen-bond donors (Lipinski definition) is 0. The van der Waals surface area contributed by atoms with Gasteiger partial charge in [-0.05, 0) is 22.4 Å². The van der Waals surface area contributed by atoms with E-state index in [1.807, 2.05) is 0 Å². The molecule has 0 unspecified atom stereocenters. The van der Waals surface area contributed by atoms with Crippen LogP contribution in [0.2, 0.25) is 0 Å². The molecule has 0 aromatic carbocycles. The van der Waals surface area contributed by atoms with Crippen LogP contribution in [0.1, 0.15) is 28.0 Å². The van der Waals surface area contributed by atoms with Crippen molar-refractivity contribution in [3.05, 3.63) is 33.0 Å². The number of pyridine rings is 1. The van der Waals surface area contributed by atoms with Crippen LogP contribution in [0.3, 0.4) is 0 Å². The molecule has 7 heteroatoms. The second-order valence-electron chi connectivity index (χ2n) is 2.77. The van der Waals surface area contributed by atoms with Gasteiger partial charge in [0.05, 0.1) is 5.56 Å². The Kier molecular flexibility index (Phi) is 3.03. The number of rotatable bonds is 3. The second kappa shape index (κ2) is 4.07. The molecule has 0 amide bonds. The summed E-state index contributed by atoms with van der Waals surface area (Å²) in [5.41, 5.74) is -1.03. The van der Waals surface area contributed by atoms with Gasteiger partial charge in [0.2, 0.25) is 5.69 Å². The summed E-state index contributed by atoms with van der Waals surface area (Å²) in [4.78, 5) is 23.1. The lowest BCUT2D eigenvalue weighted by Gasteiger charge is -2.02. The smallest absolute Gasteiger partial charge is 0.358 e. The zero-order chi connectivity index (χ0) is 11.6. The lowest BCUT2D eigenvalue weighted by Crippen LogP contribution is -2.04. The minimum atomic E-state index is -3.01. The molecule has 0 atom stereocenters. The fourth-order valence-electron chi connectivity index (χ4n) is 1.10. The van der Waals surface area contributed by atoms with Crippen LogP contribution in [-0.4, -0.2) is 16.2 Å². The Bertz CT molecular complexity index is 421. The molecule has 0 aliphatic heterocycles. The Morgan fingerprint density at radius 3 is 2.60 bits per heavy atom. The topological polar surface area (TPSA) is 73.1 Å². The number of aldehydes is 1. The van der Waals surface area contributed by atoms with Gasteiger partial charge in [-0.25, -0.2) is 8.78 Å². The fraction of sp³-hybridized carbons (Fsp3) is 0.250. The predicted octanol–water partition coefficient (Wildman–Crippen LogP) is 2.05. The summed E-state index contributed by atoms with van der Waals surface area (Å²) in [7, 11) is 0. The summed E-state index contributed by atoms with van der Waals surface area (Å²) < 4.78 is 24.8. The van der Waals surface area contributed by atoms with Gasteiger partial charge in [0, 0.05) is 6.07 Å². The van der Waals surface area contributed by atoms with E-state index in [1.54, 1.807) is 0 Å². The van der Waals surface area contributed by atoms with Crippen LogP contribution in [0.15, 0.2) is 6.07 Å². The third-order valence-corrected chi connectivity index (χ3v) is 1.79. The lowest BCUT2D eigenvalue weighted by atomic mass is 10.1. The third-order valence-electron chi connectivity index (χ3n) is 1.79. The highest BCUT2D eigenvalue weighted by Gasteiger charge is 2.25. The third kappa shape index (κ3) is 2.12. The van der Waals surface area contributed by atoms with Crippen molar-refractivity contribution < 1.29 is 18.5 Å². The largest absolute Gasteiger partial charge is 0.364 e. The van der Waals surface area contributed by atoms with Crippen LogP contribution in [0.5, 0.6) is 0 Å². The first-order valence-electron chi connectivity index (χ1n) is 3.86. The van der Waals surface area contributed by atoms with Crippen molar-refractivity contribution in [1.29, 1.82) is 0 Å². The average molecular weight is 216 g/mol. The second-order valence-corrected chi connectivity index (χ2v) is 2.77. The van der Waals surface area contributed by atoms with E-state index in [2.05, 4.69) is 4.98 Å². The number of aromatic nitrogens is 1. The number of nitro groups is 1. The predicted molar refractivity (Wildman–Crippen MR) is 46.0 cm³/mol. The molecule has 1 aromatic rings. The molecule has 0 spiro atoms. The zero-order valence-electron chi connectivity index (χ0n) is 7.61. The Hall–Kier alpha value is -1.92. The van der Waals surface area contributed by atoms with Crippen LogP contribution >= 0.6 is 0 Å². The number of hydrogen-bond acceptors (Lipinski definition) is 4.